The molecule has 1 aromatic rings. The molecule has 0 saturated heterocycles. The van der Waals surface area contributed by atoms with Crippen molar-refractivity contribution in [2.75, 3.05) is 11.5 Å². The summed E-state index contributed by atoms with van der Waals surface area (Å²) in [5.74, 6) is 5.75. The molecule has 6 N–H and O–H groups in total. The zero-order valence-electron chi connectivity index (χ0n) is 7.79. The lowest BCUT2D eigenvalue weighted by Crippen LogP contribution is -2.10. The fraction of sp³-hybridized carbons (Fsp3) is 0.200. The van der Waals surface area contributed by atoms with E-state index in [4.69, 9.17) is 22.2 Å². The van der Waals surface area contributed by atoms with Gasteiger partial charge in [0.1, 0.15) is 0 Å². The highest BCUT2D eigenvalue weighted by Crippen LogP contribution is 2.36. The van der Waals surface area contributed by atoms with Crippen LogP contribution >= 0.6 is 0 Å². The molecule has 0 unspecified atom stereocenters. The number of hydrogen-bond acceptors (Lipinski definition) is 4. The average molecular weight is 191 g/mol. The summed E-state index contributed by atoms with van der Waals surface area (Å²) in [6.07, 6.45) is 5.90. The summed E-state index contributed by atoms with van der Waals surface area (Å²) in [6.45, 7) is 0. The molecule has 0 saturated carbocycles. The summed E-state index contributed by atoms with van der Waals surface area (Å²) < 4.78 is 0. The minimum Gasteiger partial charge on any atom is -0.411 e. The maximum atomic E-state index is 5.87. The zero-order chi connectivity index (χ0) is 10.1. The first kappa shape index (κ1) is 8.90. The van der Waals surface area contributed by atoms with Gasteiger partial charge in [-0.15, -0.1) is 0 Å². The third kappa shape index (κ3) is 1.20. The first-order valence-electron chi connectivity index (χ1n) is 4.48. The molecule has 0 bridgehead atoms. The van der Waals surface area contributed by atoms with Gasteiger partial charge in [0.25, 0.3) is 0 Å². The molecule has 4 nitrogen and oxygen atoms in total. The van der Waals surface area contributed by atoms with E-state index in [9.17, 15) is 0 Å². The van der Waals surface area contributed by atoms with Gasteiger partial charge in [-0.05, 0) is 18.4 Å². The van der Waals surface area contributed by atoms with Gasteiger partial charge in [-0.1, -0.05) is 12.2 Å². The number of nitrogen functional groups attached to an aromatic ring is 2. The highest BCUT2D eigenvalue weighted by Gasteiger charge is 2.15. The largest absolute Gasteiger partial charge is 0.411 e. The molecule has 0 aromatic heterocycles. The van der Waals surface area contributed by atoms with Crippen LogP contribution in [-0.4, -0.2) is 0 Å². The van der Waals surface area contributed by atoms with Gasteiger partial charge in [-0.2, -0.15) is 5.90 Å². The highest BCUT2D eigenvalue weighted by atomic mass is 16.6. The molecule has 0 aliphatic heterocycles. The molecule has 74 valence electrons. The average Bonchev–Trinajstić information content (AvgIpc) is 2.23. The van der Waals surface area contributed by atoms with E-state index in [1.54, 1.807) is 6.07 Å². The second kappa shape index (κ2) is 3.23. The van der Waals surface area contributed by atoms with E-state index in [1.807, 2.05) is 6.08 Å². The predicted molar refractivity (Wildman–Crippen MR) is 57.4 cm³/mol. The summed E-state index contributed by atoms with van der Waals surface area (Å²) in [7, 11) is 0. The van der Waals surface area contributed by atoms with E-state index in [2.05, 4.69) is 6.08 Å². The summed E-state index contributed by atoms with van der Waals surface area (Å²) >= 11 is 0. The molecule has 1 aromatic carbocycles. The molecular weight excluding hydrogens is 178 g/mol. The van der Waals surface area contributed by atoms with Crippen molar-refractivity contribution in [3.05, 3.63) is 23.3 Å². The van der Waals surface area contributed by atoms with Crippen LogP contribution in [-0.2, 0) is 6.42 Å². The first-order valence-corrected chi connectivity index (χ1v) is 4.48. The van der Waals surface area contributed by atoms with E-state index in [-0.39, 0.29) is 0 Å². The van der Waals surface area contributed by atoms with Crippen LogP contribution in [0.1, 0.15) is 17.5 Å². The number of allylic oxidation sites excluding steroid dienone is 1. The molecule has 1 aliphatic rings. The molecule has 0 heterocycles. The van der Waals surface area contributed by atoms with E-state index < -0.39 is 0 Å². The number of fused-ring (bicyclic) bond motifs is 1. The molecule has 0 atom stereocenters. The third-order valence-electron chi connectivity index (χ3n) is 2.49. The van der Waals surface area contributed by atoms with Gasteiger partial charge in [0, 0.05) is 11.6 Å². The Balaban J connectivity index is 2.68. The lowest BCUT2D eigenvalue weighted by atomic mass is 9.94. The van der Waals surface area contributed by atoms with Crippen molar-refractivity contribution >= 4 is 17.5 Å². The van der Waals surface area contributed by atoms with Crippen molar-refractivity contribution in [1.82, 2.24) is 0 Å². The van der Waals surface area contributed by atoms with Crippen LogP contribution in [0.2, 0.25) is 0 Å². The Morgan fingerprint density at radius 3 is 2.79 bits per heavy atom. The smallest absolute Gasteiger partial charge is 0.156 e. The number of hydrogen-bond donors (Lipinski definition) is 3. The number of rotatable bonds is 1. The maximum Gasteiger partial charge on any atom is 0.156 e. The van der Waals surface area contributed by atoms with E-state index in [0.29, 0.717) is 17.1 Å². The Morgan fingerprint density at radius 2 is 2.07 bits per heavy atom. The summed E-state index contributed by atoms with van der Waals surface area (Å²) in [4.78, 5) is 4.76. The monoisotopic (exact) mass is 191 g/mol. The maximum absolute atomic E-state index is 5.87. The lowest BCUT2D eigenvalue weighted by molar-refractivity contribution is 0.333. The SMILES string of the molecule is NOc1cc(N)c(N)c2c1C=CCC2. The predicted octanol–water partition coefficient (Wildman–Crippen LogP) is 1.06. The molecule has 2 rings (SSSR count). The fourth-order valence-corrected chi connectivity index (χ4v) is 1.74. The van der Waals surface area contributed by atoms with Crippen LogP contribution in [0.3, 0.4) is 0 Å². The molecule has 1 aliphatic carbocycles. The molecular formula is C10H13N3O. The van der Waals surface area contributed by atoms with E-state index >= 15 is 0 Å². The van der Waals surface area contributed by atoms with Gasteiger partial charge >= 0.3 is 0 Å². The van der Waals surface area contributed by atoms with E-state index in [1.165, 1.54) is 0 Å². The Kier molecular flexibility index (Phi) is 2.05. The molecule has 0 spiro atoms. The van der Waals surface area contributed by atoms with Crippen molar-refractivity contribution in [3.63, 3.8) is 0 Å². The number of benzene rings is 1. The first-order chi connectivity index (χ1) is 6.74. The second-order valence-corrected chi connectivity index (χ2v) is 3.33. The minimum absolute atomic E-state index is 0.527. The van der Waals surface area contributed by atoms with Crippen LogP contribution < -0.4 is 22.2 Å². The van der Waals surface area contributed by atoms with Gasteiger partial charge in [-0.3, -0.25) is 0 Å². The van der Waals surface area contributed by atoms with Gasteiger partial charge in [0.2, 0.25) is 0 Å². The summed E-state index contributed by atoms with van der Waals surface area (Å²) in [6, 6.07) is 1.66. The second-order valence-electron chi connectivity index (χ2n) is 3.33. The van der Waals surface area contributed by atoms with Crippen LogP contribution in [0.5, 0.6) is 5.75 Å². The lowest BCUT2D eigenvalue weighted by Gasteiger charge is -2.17. The van der Waals surface area contributed by atoms with Crippen LogP contribution in [0.4, 0.5) is 11.4 Å². The Hall–Kier alpha value is -1.68. The summed E-state index contributed by atoms with van der Waals surface area (Å²) in [5, 5.41) is 0. The number of anilines is 2. The Labute approximate surface area is 82.3 Å². The van der Waals surface area contributed by atoms with Gasteiger partial charge in [-0.25, -0.2) is 0 Å². The topological polar surface area (TPSA) is 87.3 Å². The van der Waals surface area contributed by atoms with E-state index in [0.717, 1.165) is 24.0 Å². The van der Waals surface area contributed by atoms with Gasteiger partial charge in [0.05, 0.1) is 11.4 Å². The summed E-state index contributed by atoms with van der Waals surface area (Å²) in [5.41, 5.74) is 14.8. The van der Waals surface area contributed by atoms with Crippen molar-refractivity contribution in [3.8, 4) is 5.75 Å². The third-order valence-corrected chi connectivity index (χ3v) is 2.49. The van der Waals surface area contributed by atoms with Crippen LogP contribution in [0, 0.1) is 0 Å². The van der Waals surface area contributed by atoms with Gasteiger partial charge in [0.15, 0.2) is 5.75 Å². The standard InChI is InChI=1S/C10H13N3O/c11-8-5-9(14-13)6-3-1-2-4-7(6)10(8)12/h1,3,5H,2,4,11-13H2. The minimum atomic E-state index is 0.527. The van der Waals surface area contributed by atoms with Crippen LogP contribution in [0.15, 0.2) is 12.1 Å². The molecule has 0 fully saturated rings. The van der Waals surface area contributed by atoms with Crippen molar-refractivity contribution < 1.29 is 4.84 Å². The molecule has 0 radical (unpaired) electrons. The van der Waals surface area contributed by atoms with Crippen molar-refractivity contribution in [1.29, 1.82) is 0 Å². The quantitative estimate of drug-likeness (QED) is 0.457. The van der Waals surface area contributed by atoms with Crippen molar-refractivity contribution in [2.45, 2.75) is 12.8 Å². The fourth-order valence-electron chi connectivity index (χ4n) is 1.74. The normalized spacial score (nSPS) is 13.8. The molecule has 4 heteroatoms. The van der Waals surface area contributed by atoms with Crippen LogP contribution in [0.25, 0.3) is 6.08 Å². The Morgan fingerprint density at radius 1 is 1.29 bits per heavy atom. The van der Waals surface area contributed by atoms with Crippen molar-refractivity contribution in [2.24, 2.45) is 5.90 Å². The zero-order valence-corrected chi connectivity index (χ0v) is 7.79. The number of nitrogens with two attached hydrogens (primary N) is 3. The molecule has 14 heavy (non-hydrogen) atoms. The highest BCUT2D eigenvalue weighted by molar-refractivity contribution is 5.79. The van der Waals surface area contributed by atoms with Gasteiger partial charge < -0.3 is 16.3 Å². The Bertz CT molecular complexity index is 399. The molecule has 0 amide bonds.